The van der Waals surface area contributed by atoms with Crippen molar-refractivity contribution >= 4 is 6.08 Å². The second-order valence-electron chi connectivity index (χ2n) is 2.18. The normalized spacial score (nSPS) is 9.00. The van der Waals surface area contributed by atoms with Crippen LogP contribution in [-0.2, 0) is 0 Å². The van der Waals surface area contributed by atoms with Crippen LogP contribution in [0.1, 0.15) is 5.56 Å². The highest BCUT2D eigenvalue weighted by Gasteiger charge is 2.02. The van der Waals surface area contributed by atoms with Crippen molar-refractivity contribution in [3.05, 3.63) is 43.2 Å². The summed E-state index contributed by atoms with van der Waals surface area (Å²) in [5, 5.41) is 9.33. The second-order valence-corrected chi connectivity index (χ2v) is 2.18. The standard InChI is InChI=1S/C10H10O2/c1-3-8-9(11)6-5-7-10(8)12-4-2/h3-7,11H,1-2H2. The molecule has 0 saturated carbocycles. The van der Waals surface area contributed by atoms with Crippen molar-refractivity contribution in [2.75, 3.05) is 0 Å². The molecule has 0 saturated heterocycles. The number of rotatable bonds is 3. The van der Waals surface area contributed by atoms with E-state index in [1.54, 1.807) is 18.2 Å². The second kappa shape index (κ2) is 3.62. The van der Waals surface area contributed by atoms with E-state index >= 15 is 0 Å². The molecule has 0 aromatic heterocycles. The molecule has 0 fully saturated rings. The largest absolute Gasteiger partial charge is 0.507 e. The molecule has 0 unspecified atom stereocenters. The van der Waals surface area contributed by atoms with Crippen LogP contribution in [0.25, 0.3) is 6.08 Å². The molecule has 62 valence electrons. The molecule has 0 radical (unpaired) electrons. The van der Waals surface area contributed by atoms with E-state index in [4.69, 9.17) is 4.74 Å². The Morgan fingerprint density at radius 2 is 2.08 bits per heavy atom. The highest BCUT2D eigenvalue weighted by molar-refractivity contribution is 5.62. The Morgan fingerprint density at radius 3 is 2.67 bits per heavy atom. The number of aromatic hydroxyl groups is 1. The fraction of sp³-hybridized carbons (Fsp3) is 0. The number of hydrogen-bond acceptors (Lipinski definition) is 2. The zero-order valence-electron chi connectivity index (χ0n) is 6.66. The summed E-state index contributed by atoms with van der Waals surface area (Å²) in [5.74, 6) is 0.712. The molecule has 1 aromatic rings. The fourth-order valence-electron chi connectivity index (χ4n) is 0.930. The van der Waals surface area contributed by atoms with Gasteiger partial charge in [-0.3, -0.25) is 0 Å². The van der Waals surface area contributed by atoms with E-state index < -0.39 is 0 Å². The van der Waals surface area contributed by atoms with Gasteiger partial charge in [-0.15, -0.1) is 0 Å². The summed E-state index contributed by atoms with van der Waals surface area (Å²) in [5.41, 5.74) is 0.581. The lowest BCUT2D eigenvalue weighted by molar-refractivity contribution is 0.453. The molecule has 0 aliphatic heterocycles. The first kappa shape index (κ1) is 8.40. The van der Waals surface area contributed by atoms with Gasteiger partial charge >= 0.3 is 0 Å². The van der Waals surface area contributed by atoms with Crippen molar-refractivity contribution in [2.24, 2.45) is 0 Å². The maximum Gasteiger partial charge on any atom is 0.137 e. The number of benzene rings is 1. The maximum absolute atomic E-state index is 9.33. The molecule has 0 aliphatic carbocycles. The van der Waals surface area contributed by atoms with E-state index in [-0.39, 0.29) is 5.75 Å². The molecule has 12 heavy (non-hydrogen) atoms. The fourth-order valence-corrected chi connectivity index (χ4v) is 0.930. The third-order valence-electron chi connectivity index (χ3n) is 1.46. The molecule has 1 aromatic carbocycles. The average molecular weight is 162 g/mol. The molecule has 1 N–H and O–H groups in total. The van der Waals surface area contributed by atoms with Crippen LogP contribution in [0.2, 0.25) is 0 Å². The summed E-state index contributed by atoms with van der Waals surface area (Å²) in [6.45, 7) is 6.98. The number of phenols is 1. The molecule has 0 aliphatic rings. The lowest BCUT2D eigenvalue weighted by Crippen LogP contribution is -1.84. The van der Waals surface area contributed by atoms with Crippen LogP contribution in [0.3, 0.4) is 0 Å². The third-order valence-corrected chi connectivity index (χ3v) is 1.46. The van der Waals surface area contributed by atoms with Crippen molar-refractivity contribution in [1.82, 2.24) is 0 Å². The number of phenolic OH excluding ortho intramolecular Hbond substituents is 1. The van der Waals surface area contributed by atoms with Crippen LogP contribution in [0.4, 0.5) is 0 Å². The first-order valence-electron chi connectivity index (χ1n) is 3.51. The van der Waals surface area contributed by atoms with E-state index in [0.29, 0.717) is 11.3 Å². The van der Waals surface area contributed by atoms with Crippen LogP contribution >= 0.6 is 0 Å². The molecular formula is C10H10O2. The van der Waals surface area contributed by atoms with Crippen molar-refractivity contribution in [3.8, 4) is 11.5 Å². The SMILES string of the molecule is C=COc1cccc(O)c1C=C. The lowest BCUT2D eigenvalue weighted by atomic mass is 10.2. The van der Waals surface area contributed by atoms with Gasteiger partial charge in [0.1, 0.15) is 11.5 Å². The van der Waals surface area contributed by atoms with Crippen LogP contribution in [-0.4, -0.2) is 5.11 Å². The monoisotopic (exact) mass is 162 g/mol. The molecule has 2 nitrogen and oxygen atoms in total. The third kappa shape index (κ3) is 1.48. The topological polar surface area (TPSA) is 29.5 Å². The van der Waals surface area contributed by atoms with Gasteiger partial charge in [0.05, 0.1) is 11.8 Å². The van der Waals surface area contributed by atoms with E-state index in [1.807, 2.05) is 0 Å². The van der Waals surface area contributed by atoms with Gasteiger partial charge in [-0.25, -0.2) is 0 Å². The van der Waals surface area contributed by atoms with Crippen LogP contribution < -0.4 is 4.74 Å². The maximum atomic E-state index is 9.33. The van der Waals surface area contributed by atoms with Crippen LogP contribution in [0.5, 0.6) is 11.5 Å². The minimum absolute atomic E-state index is 0.157. The van der Waals surface area contributed by atoms with Gasteiger partial charge in [-0.2, -0.15) is 0 Å². The van der Waals surface area contributed by atoms with Crippen molar-refractivity contribution in [3.63, 3.8) is 0 Å². The average Bonchev–Trinajstić information content (AvgIpc) is 2.05. The smallest absolute Gasteiger partial charge is 0.137 e. The summed E-state index contributed by atoms with van der Waals surface area (Å²) in [6, 6.07) is 5.01. The van der Waals surface area contributed by atoms with Crippen LogP contribution in [0, 0.1) is 0 Å². The highest BCUT2D eigenvalue weighted by Crippen LogP contribution is 2.28. The molecule has 0 heterocycles. The predicted molar refractivity (Wildman–Crippen MR) is 49.0 cm³/mol. The molecule has 2 heteroatoms. The Balaban J connectivity index is 3.17. The summed E-state index contributed by atoms with van der Waals surface area (Å²) < 4.78 is 5.04. The summed E-state index contributed by atoms with van der Waals surface area (Å²) in [4.78, 5) is 0. The predicted octanol–water partition coefficient (Wildman–Crippen LogP) is 2.56. The minimum Gasteiger partial charge on any atom is -0.507 e. The van der Waals surface area contributed by atoms with Crippen molar-refractivity contribution in [1.29, 1.82) is 0 Å². The zero-order chi connectivity index (χ0) is 8.97. The summed E-state index contributed by atoms with van der Waals surface area (Å²) in [7, 11) is 0. The zero-order valence-corrected chi connectivity index (χ0v) is 6.66. The van der Waals surface area contributed by atoms with Gasteiger partial charge in [0.25, 0.3) is 0 Å². The van der Waals surface area contributed by atoms with E-state index in [2.05, 4.69) is 13.2 Å². The molecule has 0 spiro atoms. The quantitative estimate of drug-likeness (QED) is 0.692. The van der Waals surface area contributed by atoms with Crippen molar-refractivity contribution in [2.45, 2.75) is 0 Å². The molecule has 0 atom stereocenters. The Morgan fingerprint density at radius 1 is 1.33 bits per heavy atom. The van der Waals surface area contributed by atoms with Gasteiger partial charge in [0.2, 0.25) is 0 Å². The van der Waals surface area contributed by atoms with E-state index in [1.165, 1.54) is 12.3 Å². The number of hydrogen-bond donors (Lipinski definition) is 1. The van der Waals surface area contributed by atoms with E-state index in [9.17, 15) is 5.11 Å². The minimum atomic E-state index is 0.157. The van der Waals surface area contributed by atoms with Gasteiger partial charge in [-0.05, 0) is 12.1 Å². The summed E-state index contributed by atoms with van der Waals surface area (Å²) >= 11 is 0. The lowest BCUT2D eigenvalue weighted by Gasteiger charge is -2.05. The van der Waals surface area contributed by atoms with Gasteiger partial charge in [0.15, 0.2) is 0 Å². The highest BCUT2D eigenvalue weighted by atomic mass is 16.5. The molecular weight excluding hydrogens is 152 g/mol. The van der Waals surface area contributed by atoms with Gasteiger partial charge in [-0.1, -0.05) is 25.3 Å². The van der Waals surface area contributed by atoms with Gasteiger partial charge < -0.3 is 9.84 Å². The Labute approximate surface area is 71.4 Å². The Bertz CT molecular complexity index is 303. The molecule has 1 rings (SSSR count). The first-order chi connectivity index (χ1) is 5.79. The Hall–Kier alpha value is -1.70. The van der Waals surface area contributed by atoms with E-state index in [0.717, 1.165) is 0 Å². The molecule has 0 amide bonds. The Kier molecular flexibility index (Phi) is 2.53. The number of ether oxygens (including phenoxy) is 1. The van der Waals surface area contributed by atoms with Crippen molar-refractivity contribution < 1.29 is 9.84 Å². The molecule has 0 bridgehead atoms. The van der Waals surface area contributed by atoms with Crippen LogP contribution in [0.15, 0.2) is 37.6 Å². The first-order valence-corrected chi connectivity index (χ1v) is 3.51. The summed E-state index contributed by atoms with van der Waals surface area (Å²) in [6.07, 6.45) is 2.84. The van der Waals surface area contributed by atoms with Gasteiger partial charge in [0, 0.05) is 0 Å².